The number of hydrogen-bond donors (Lipinski definition) is 1. The van der Waals surface area contributed by atoms with Gasteiger partial charge in [-0.2, -0.15) is 0 Å². The molecular formula is C22H33N2O+. The molecule has 1 aromatic heterocycles. The Kier molecular flexibility index (Phi) is 6.23. The molecule has 0 amide bonds. The Balaban J connectivity index is 2.58. The fourth-order valence-electron chi connectivity index (χ4n) is 3.90. The molecule has 2 rings (SSSR count). The molecule has 1 aromatic carbocycles. The third-order valence-electron chi connectivity index (χ3n) is 5.07. The molecule has 0 saturated carbocycles. The van der Waals surface area contributed by atoms with Crippen LogP contribution in [0.2, 0.25) is 0 Å². The summed E-state index contributed by atoms with van der Waals surface area (Å²) < 4.78 is 4.20. The summed E-state index contributed by atoms with van der Waals surface area (Å²) in [5, 5.41) is 11.9. The van der Waals surface area contributed by atoms with Gasteiger partial charge >= 0.3 is 0 Å². The predicted octanol–water partition coefficient (Wildman–Crippen LogP) is 4.31. The van der Waals surface area contributed by atoms with Crippen LogP contribution in [-0.4, -0.2) is 9.67 Å². The Bertz CT molecular complexity index is 703. The van der Waals surface area contributed by atoms with E-state index in [-0.39, 0.29) is 0 Å². The summed E-state index contributed by atoms with van der Waals surface area (Å²) in [6.07, 6.45) is 6.15. The molecule has 3 nitrogen and oxygen atoms in total. The molecule has 1 N–H and O–H groups in total. The zero-order valence-corrected chi connectivity index (χ0v) is 16.5. The summed E-state index contributed by atoms with van der Waals surface area (Å²) in [6.45, 7) is 14.5. The van der Waals surface area contributed by atoms with Crippen molar-refractivity contribution in [3.05, 3.63) is 65.8 Å². The van der Waals surface area contributed by atoms with Gasteiger partial charge in [0.15, 0.2) is 0 Å². The molecule has 136 valence electrons. The fourth-order valence-corrected chi connectivity index (χ4v) is 3.90. The molecule has 3 heteroatoms. The average Bonchev–Trinajstić information content (AvgIpc) is 3.02. The van der Waals surface area contributed by atoms with Gasteiger partial charge in [-0.1, -0.05) is 63.6 Å². The number of benzene rings is 1. The van der Waals surface area contributed by atoms with Crippen molar-refractivity contribution in [3.8, 4) is 0 Å². The zero-order chi connectivity index (χ0) is 18.6. The van der Waals surface area contributed by atoms with Gasteiger partial charge in [-0.15, -0.1) is 0 Å². The highest BCUT2D eigenvalue weighted by atomic mass is 16.3. The van der Waals surface area contributed by atoms with Gasteiger partial charge in [0.1, 0.15) is 24.5 Å². The van der Waals surface area contributed by atoms with E-state index in [1.54, 1.807) is 0 Å². The van der Waals surface area contributed by atoms with E-state index in [1.807, 2.05) is 36.5 Å². The van der Waals surface area contributed by atoms with Crippen molar-refractivity contribution in [3.63, 3.8) is 0 Å². The van der Waals surface area contributed by atoms with Crippen LogP contribution in [0.3, 0.4) is 0 Å². The van der Waals surface area contributed by atoms with Crippen LogP contribution in [0.5, 0.6) is 0 Å². The molecule has 0 fully saturated rings. The molecule has 1 unspecified atom stereocenters. The second-order valence-corrected chi connectivity index (χ2v) is 7.53. The molecule has 0 aliphatic carbocycles. The second-order valence-electron chi connectivity index (χ2n) is 7.53. The van der Waals surface area contributed by atoms with E-state index in [2.05, 4.69) is 63.2 Å². The average molecular weight is 342 g/mol. The summed E-state index contributed by atoms with van der Waals surface area (Å²) in [4.78, 5) is 0. The largest absolute Gasteiger partial charge is 0.377 e. The minimum Gasteiger partial charge on any atom is -0.377 e. The van der Waals surface area contributed by atoms with Gasteiger partial charge in [0.05, 0.1) is 6.54 Å². The summed E-state index contributed by atoms with van der Waals surface area (Å²) >= 11 is 0. The standard InChI is InChI=1S/C22H33N2O/c1-7-23-13-14-24(16-23)15-22(25,20-11-9-8-10-12-20)19(6)21(17(2)3)18(4)5/h8-14,16-18,25H,7,15H2,1-6H3/q+1. The van der Waals surface area contributed by atoms with Crippen molar-refractivity contribution in [2.45, 2.75) is 60.2 Å². The number of allylic oxidation sites excluding steroid dienone is 1. The van der Waals surface area contributed by atoms with Crippen molar-refractivity contribution in [1.82, 2.24) is 4.57 Å². The fraction of sp³-hybridized carbons (Fsp3) is 0.500. The van der Waals surface area contributed by atoms with Crippen molar-refractivity contribution in [2.75, 3.05) is 0 Å². The summed E-state index contributed by atoms with van der Waals surface area (Å²) in [7, 11) is 0. The molecule has 0 radical (unpaired) electrons. The van der Waals surface area contributed by atoms with Crippen LogP contribution in [0.25, 0.3) is 0 Å². The highest BCUT2D eigenvalue weighted by Gasteiger charge is 2.36. The first-order chi connectivity index (χ1) is 11.8. The molecule has 0 bridgehead atoms. The maximum absolute atomic E-state index is 11.9. The maximum Gasteiger partial charge on any atom is 0.243 e. The Labute approximate surface area is 152 Å². The molecule has 1 atom stereocenters. The summed E-state index contributed by atoms with van der Waals surface area (Å²) in [5.74, 6) is 0.806. The lowest BCUT2D eigenvalue weighted by atomic mass is 9.78. The summed E-state index contributed by atoms with van der Waals surface area (Å²) in [6, 6.07) is 10.0. The van der Waals surface area contributed by atoms with Gasteiger partial charge in [0, 0.05) is 0 Å². The first kappa shape index (κ1) is 19.5. The molecule has 2 aromatic rings. The number of aliphatic hydroxyl groups is 1. The second kappa shape index (κ2) is 8.01. The summed E-state index contributed by atoms with van der Waals surface area (Å²) in [5.41, 5.74) is 2.33. The van der Waals surface area contributed by atoms with E-state index in [1.165, 1.54) is 5.57 Å². The van der Waals surface area contributed by atoms with E-state index in [9.17, 15) is 5.11 Å². The van der Waals surface area contributed by atoms with E-state index in [4.69, 9.17) is 0 Å². The SMILES string of the molecule is CCn1cc[n+](CC(O)(C(C)=C(C(C)C)C(C)C)c2ccccc2)c1. The molecule has 0 aliphatic heterocycles. The number of imidazole rings is 1. The lowest BCUT2D eigenvalue weighted by Gasteiger charge is -2.33. The Morgan fingerprint density at radius 3 is 2.20 bits per heavy atom. The molecule has 0 saturated heterocycles. The Morgan fingerprint density at radius 1 is 1.12 bits per heavy atom. The van der Waals surface area contributed by atoms with Crippen LogP contribution < -0.4 is 4.57 Å². The lowest BCUT2D eigenvalue weighted by molar-refractivity contribution is -0.709. The van der Waals surface area contributed by atoms with Crippen LogP contribution >= 0.6 is 0 Å². The lowest BCUT2D eigenvalue weighted by Crippen LogP contribution is -2.46. The molecular weight excluding hydrogens is 308 g/mol. The minimum absolute atomic E-state index is 0.403. The number of nitrogens with zero attached hydrogens (tertiary/aromatic N) is 2. The van der Waals surface area contributed by atoms with Gasteiger partial charge in [-0.25, -0.2) is 9.13 Å². The molecule has 25 heavy (non-hydrogen) atoms. The Hall–Kier alpha value is -1.87. The first-order valence-electron chi connectivity index (χ1n) is 9.33. The number of aryl methyl sites for hydroxylation is 1. The van der Waals surface area contributed by atoms with Crippen molar-refractivity contribution in [1.29, 1.82) is 0 Å². The van der Waals surface area contributed by atoms with Gasteiger partial charge in [-0.05, 0) is 36.8 Å². The molecule has 0 spiro atoms. The number of aromatic nitrogens is 2. The van der Waals surface area contributed by atoms with Crippen molar-refractivity contribution in [2.24, 2.45) is 11.8 Å². The molecule has 1 heterocycles. The number of hydrogen-bond acceptors (Lipinski definition) is 1. The zero-order valence-electron chi connectivity index (χ0n) is 16.5. The van der Waals surface area contributed by atoms with E-state index in [0.29, 0.717) is 18.4 Å². The van der Waals surface area contributed by atoms with Gasteiger partial charge in [0.2, 0.25) is 6.33 Å². The van der Waals surface area contributed by atoms with Gasteiger partial charge < -0.3 is 5.11 Å². The van der Waals surface area contributed by atoms with Crippen molar-refractivity contribution >= 4 is 0 Å². The highest BCUT2D eigenvalue weighted by Crippen LogP contribution is 2.36. The van der Waals surface area contributed by atoms with E-state index < -0.39 is 5.60 Å². The van der Waals surface area contributed by atoms with E-state index in [0.717, 1.165) is 17.7 Å². The van der Waals surface area contributed by atoms with E-state index >= 15 is 0 Å². The van der Waals surface area contributed by atoms with Crippen LogP contribution in [0.4, 0.5) is 0 Å². The maximum atomic E-state index is 11.9. The van der Waals surface area contributed by atoms with Crippen LogP contribution in [0, 0.1) is 11.8 Å². The van der Waals surface area contributed by atoms with Crippen molar-refractivity contribution < 1.29 is 9.67 Å². The normalized spacial score (nSPS) is 14.0. The topological polar surface area (TPSA) is 29.0 Å². The van der Waals surface area contributed by atoms with Gasteiger partial charge in [0.25, 0.3) is 0 Å². The highest BCUT2D eigenvalue weighted by molar-refractivity contribution is 5.35. The van der Waals surface area contributed by atoms with Crippen LogP contribution in [-0.2, 0) is 18.7 Å². The predicted molar refractivity (Wildman–Crippen MR) is 103 cm³/mol. The third kappa shape index (κ3) is 4.21. The van der Waals surface area contributed by atoms with Gasteiger partial charge in [-0.3, -0.25) is 0 Å². The van der Waals surface area contributed by atoms with Crippen LogP contribution in [0.1, 0.15) is 47.1 Å². The smallest absolute Gasteiger partial charge is 0.243 e. The molecule has 0 aliphatic rings. The first-order valence-corrected chi connectivity index (χ1v) is 9.33. The minimum atomic E-state index is -1.02. The third-order valence-corrected chi connectivity index (χ3v) is 5.07. The quantitative estimate of drug-likeness (QED) is 0.590. The Morgan fingerprint density at radius 2 is 1.72 bits per heavy atom. The van der Waals surface area contributed by atoms with Crippen LogP contribution in [0.15, 0.2) is 60.2 Å². The number of rotatable bonds is 7. The monoisotopic (exact) mass is 341 g/mol.